The number of hydrazone groups is 1. The summed E-state index contributed by atoms with van der Waals surface area (Å²) in [5, 5.41) is 8.79. The van der Waals surface area contributed by atoms with Gasteiger partial charge in [-0.1, -0.05) is 30.3 Å². The Morgan fingerprint density at radius 1 is 1.06 bits per heavy atom. The minimum absolute atomic E-state index is 0.0672. The van der Waals surface area contributed by atoms with E-state index in [2.05, 4.69) is 10.4 Å². The molecule has 1 saturated heterocycles. The van der Waals surface area contributed by atoms with Crippen LogP contribution >= 0.6 is 0 Å². The molecule has 1 fully saturated rings. The van der Waals surface area contributed by atoms with Crippen molar-refractivity contribution in [2.45, 2.75) is 30.8 Å². The van der Waals surface area contributed by atoms with E-state index in [0.717, 1.165) is 11.3 Å². The maximum Gasteiger partial charge on any atom is 0.267 e. The van der Waals surface area contributed by atoms with Gasteiger partial charge in [0.05, 0.1) is 23.8 Å². The third-order valence-corrected chi connectivity index (χ3v) is 7.56. The number of ether oxygens (including phenoxy) is 1. The Kier molecular flexibility index (Phi) is 6.87. The molecule has 10 heteroatoms. The third kappa shape index (κ3) is 5.13. The number of morpholine rings is 1. The molecule has 1 unspecified atom stereocenters. The molecule has 1 N–H and O–H groups in total. The first-order valence-corrected chi connectivity index (χ1v) is 12.2. The highest BCUT2D eigenvalue weighted by Gasteiger charge is 2.34. The Balaban J connectivity index is 1.40. The fourth-order valence-corrected chi connectivity index (χ4v) is 5.19. The van der Waals surface area contributed by atoms with Crippen LogP contribution in [0.15, 0.2) is 64.6 Å². The normalized spacial score (nSPS) is 19.2. The predicted octanol–water partition coefficient (Wildman–Crippen LogP) is 1.55. The molecule has 4 rings (SSSR count). The molecule has 2 heterocycles. The van der Waals surface area contributed by atoms with Crippen molar-refractivity contribution in [1.29, 1.82) is 0 Å². The molecule has 174 valence electrons. The topological polar surface area (TPSA) is 108 Å². The van der Waals surface area contributed by atoms with Gasteiger partial charge in [-0.05, 0) is 36.8 Å². The zero-order valence-electron chi connectivity index (χ0n) is 18.3. The lowest BCUT2D eigenvalue weighted by Gasteiger charge is -2.26. The largest absolute Gasteiger partial charge is 0.379 e. The molecular formula is C23H26N4O5S. The van der Waals surface area contributed by atoms with Crippen LogP contribution in [0.4, 0.5) is 5.69 Å². The van der Waals surface area contributed by atoms with Crippen molar-refractivity contribution >= 4 is 33.1 Å². The number of para-hydroxylation sites is 1. The van der Waals surface area contributed by atoms with Gasteiger partial charge in [-0.2, -0.15) is 9.41 Å². The van der Waals surface area contributed by atoms with Gasteiger partial charge < -0.3 is 10.1 Å². The number of carbonyl (C=O) groups excluding carboxylic acids is 2. The number of amides is 1. The van der Waals surface area contributed by atoms with Crippen LogP contribution in [0.3, 0.4) is 0 Å². The minimum atomic E-state index is -3.56. The summed E-state index contributed by atoms with van der Waals surface area (Å²) in [4.78, 5) is 25.0. The number of anilines is 1. The molecular weight excluding hydrogens is 444 g/mol. The SMILES string of the molecule is CC(=O)C1CC(C(=O)NCc2ccc(S(=O)(=O)N3CCOCC3)cc2)=NN1c1ccccc1. The van der Waals surface area contributed by atoms with Gasteiger partial charge in [0.2, 0.25) is 10.0 Å². The first-order chi connectivity index (χ1) is 15.9. The summed E-state index contributed by atoms with van der Waals surface area (Å²) in [5.74, 6) is -0.424. The molecule has 33 heavy (non-hydrogen) atoms. The molecule has 2 aromatic rings. The number of nitrogens with zero attached hydrogens (tertiary/aromatic N) is 3. The van der Waals surface area contributed by atoms with Crippen molar-refractivity contribution in [1.82, 2.24) is 9.62 Å². The number of sulfonamides is 1. The van der Waals surface area contributed by atoms with Crippen LogP contribution in [0.1, 0.15) is 18.9 Å². The second-order valence-electron chi connectivity index (χ2n) is 7.90. The quantitative estimate of drug-likeness (QED) is 0.658. The van der Waals surface area contributed by atoms with Crippen molar-refractivity contribution < 1.29 is 22.7 Å². The van der Waals surface area contributed by atoms with E-state index < -0.39 is 16.1 Å². The van der Waals surface area contributed by atoms with E-state index in [1.165, 1.54) is 11.2 Å². The molecule has 2 aromatic carbocycles. The molecule has 0 radical (unpaired) electrons. The summed E-state index contributed by atoms with van der Waals surface area (Å²) in [6.07, 6.45) is 0.229. The molecule has 0 aliphatic carbocycles. The molecule has 0 saturated carbocycles. The van der Waals surface area contributed by atoms with E-state index in [0.29, 0.717) is 26.3 Å². The number of hydrogen-bond donors (Lipinski definition) is 1. The summed E-state index contributed by atoms with van der Waals surface area (Å²) in [6, 6.07) is 15.2. The van der Waals surface area contributed by atoms with Gasteiger partial charge in [0.25, 0.3) is 5.91 Å². The summed E-state index contributed by atoms with van der Waals surface area (Å²) in [5.41, 5.74) is 1.79. The molecule has 0 bridgehead atoms. The summed E-state index contributed by atoms with van der Waals surface area (Å²) in [6.45, 7) is 3.15. The van der Waals surface area contributed by atoms with Crippen molar-refractivity contribution in [3.05, 3.63) is 60.2 Å². The molecule has 1 atom stereocenters. The van der Waals surface area contributed by atoms with Crippen LogP contribution in [0.5, 0.6) is 0 Å². The van der Waals surface area contributed by atoms with Gasteiger partial charge in [0, 0.05) is 26.1 Å². The summed E-state index contributed by atoms with van der Waals surface area (Å²) < 4.78 is 32.1. The Morgan fingerprint density at radius 2 is 1.73 bits per heavy atom. The summed E-state index contributed by atoms with van der Waals surface area (Å²) >= 11 is 0. The van der Waals surface area contributed by atoms with E-state index >= 15 is 0 Å². The second-order valence-corrected chi connectivity index (χ2v) is 9.84. The number of nitrogens with one attached hydrogen (secondary N) is 1. The van der Waals surface area contributed by atoms with Crippen molar-refractivity contribution in [3.8, 4) is 0 Å². The first kappa shape index (κ1) is 23.1. The molecule has 2 aliphatic heterocycles. The van der Waals surface area contributed by atoms with Gasteiger partial charge in [0.15, 0.2) is 5.78 Å². The van der Waals surface area contributed by atoms with Gasteiger partial charge in [-0.3, -0.25) is 14.6 Å². The van der Waals surface area contributed by atoms with Crippen LogP contribution in [0.2, 0.25) is 0 Å². The minimum Gasteiger partial charge on any atom is -0.379 e. The van der Waals surface area contributed by atoms with Crippen molar-refractivity contribution in [2.24, 2.45) is 5.10 Å². The predicted molar refractivity (Wildman–Crippen MR) is 123 cm³/mol. The number of rotatable bonds is 7. The van der Waals surface area contributed by atoms with Gasteiger partial charge >= 0.3 is 0 Å². The second kappa shape index (κ2) is 9.82. The molecule has 0 spiro atoms. The number of benzene rings is 2. The third-order valence-electron chi connectivity index (χ3n) is 5.65. The molecule has 0 aromatic heterocycles. The first-order valence-electron chi connectivity index (χ1n) is 10.7. The maximum atomic E-state index is 12.7. The van der Waals surface area contributed by atoms with Crippen molar-refractivity contribution in [3.63, 3.8) is 0 Å². The van der Waals surface area contributed by atoms with Crippen molar-refractivity contribution in [2.75, 3.05) is 31.3 Å². The number of ketones is 1. The number of hydrogen-bond acceptors (Lipinski definition) is 7. The van der Waals surface area contributed by atoms with E-state index in [4.69, 9.17) is 4.74 Å². The average molecular weight is 471 g/mol. The fourth-order valence-electron chi connectivity index (χ4n) is 3.78. The highest BCUT2D eigenvalue weighted by Crippen LogP contribution is 2.25. The monoisotopic (exact) mass is 470 g/mol. The maximum absolute atomic E-state index is 12.7. The zero-order chi connectivity index (χ0) is 23.4. The van der Waals surface area contributed by atoms with E-state index in [1.807, 2.05) is 30.3 Å². The van der Waals surface area contributed by atoms with E-state index in [9.17, 15) is 18.0 Å². The van der Waals surface area contributed by atoms with Crippen LogP contribution < -0.4 is 10.3 Å². The van der Waals surface area contributed by atoms with Gasteiger partial charge in [0.1, 0.15) is 11.8 Å². The standard InChI is InChI=1S/C23H26N4O5S/c1-17(28)22-15-21(25-27(22)19-5-3-2-4-6-19)23(29)24-16-18-7-9-20(10-8-18)33(30,31)26-11-13-32-14-12-26/h2-10,22H,11-16H2,1H3,(H,24,29). The lowest BCUT2D eigenvalue weighted by molar-refractivity contribution is -0.118. The van der Waals surface area contributed by atoms with E-state index in [1.54, 1.807) is 29.3 Å². The van der Waals surface area contributed by atoms with E-state index in [-0.39, 0.29) is 35.3 Å². The highest BCUT2D eigenvalue weighted by atomic mass is 32.2. The summed E-state index contributed by atoms with van der Waals surface area (Å²) in [7, 11) is -3.56. The lowest BCUT2D eigenvalue weighted by atomic mass is 10.1. The number of carbonyl (C=O) groups is 2. The molecule has 9 nitrogen and oxygen atoms in total. The highest BCUT2D eigenvalue weighted by molar-refractivity contribution is 7.89. The van der Waals surface area contributed by atoms with Gasteiger partial charge in [-0.25, -0.2) is 8.42 Å². The van der Waals surface area contributed by atoms with Gasteiger partial charge in [-0.15, -0.1) is 0 Å². The molecule has 1 amide bonds. The smallest absolute Gasteiger partial charge is 0.267 e. The average Bonchev–Trinajstić information content (AvgIpc) is 3.30. The lowest BCUT2D eigenvalue weighted by Crippen LogP contribution is -2.40. The zero-order valence-corrected chi connectivity index (χ0v) is 19.1. The molecule has 2 aliphatic rings. The fraction of sp³-hybridized carbons (Fsp3) is 0.348. The Labute approximate surface area is 193 Å². The number of Topliss-reactive ketones (excluding diaryl/α,β-unsaturated/α-hetero) is 1. The van der Waals surface area contributed by atoms with Crippen LogP contribution in [0, 0.1) is 0 Å². The van der Waals surface area contributed by atoms with Crippen LogP contribution in [-0.2, 0) is 30.9 Å². The Hall–Kier alpha value is -3.08. The Morgan fingerprint density at radius 3 is 2.36 bits per heavy atom. The van der Waals surface area contributed by atoms with Crippen LogP contribution in [-0.4, -0.2) is 62.5 Å². The Bertz CT molecular complexity index is 1140. The van der Waals surface area contributed by atoms with Crippen LogP contribution in [0.25, 0.3) is 0 Å².